The van der Waals surface area contributed by atoms with Crippen molar-refractivity contribution < 1.29 is 9.53 Å². The maximum atomic E-state index is 10.6. The highest BCUT2D eigenvalue weighted by Crippen LogP contribution is 2.24. The van der Waals surface area contributed by atoms with Gasteiger partial charge in [0.25, 0.3) is 0 Å². The summed E-state index contributed by atoms with van der Waals surface area (Å²) in [6, 6.07) is 0. The maximum Gasteiger partial charge on any atom is 0.302 e. The van der Waals surface area contributed by atoms with E-state index in [9.17, 15) is 4.79 Å². The molecule has 1 fully saturated rings. The third kappa shape index (κ3) is 4.36. The van der Waals surface area contributed by atoms with Gasteiger partial charge in [-0.3, -0.25) is 4.79 Å². The zero-order valence-corrected chi connectivity index (χ0v) is 8.86. The van der Waals surface area contributed by atoms with Crippen molar-refractivity contribution in [1.29, 1.82) is 0 Å². The van der Waals surface area contributed by atoms with Gasteiger partial charge in [0, 0.05) is 18.6 Å². The van der Waals surface area contributed by atoms with E-state index >= 15 is 0 Å². The normalized spacial score (nSPS) is 23.8. The van der Waals surface area contributed by atoms with E-state index in [1.165, 1.54) is 12.5 Å². The molecule has 0 aromatic heterocycles. The summed E-state index contributed by atoms with van der Waals surface area (Å²) in [4.78, 5) is 10.6. The molecule has 1 atom stereocenters. The van der Waals surface area contributed by atoms with Crippen molar-refractivity contribution in [3.63, 3.8) is 0 Å². The first-order valence-electron chi connectivity index (χ1n) is 4.56. The van der Waals surface area contributed by atoms with Crippen LogP contribution >= 0.6 is 11.8 Å². The predicted octanol–water partition coefficient (Wildman–Crippen LogP) is 2.25. The molecule has 3 heteroatoms. The van der Waals surface area contributed by atoms with Crippen LogP contribution in [0.15, 0.2) is 12.2 Å². The van der Waals surface area contributed by atoms with Gasteiger partial charge in [0.15, 0.2) is 0 Å². The number of esters is 1. The van der Waals surface area contributed by atoms with Gasteiger partial charge < -0.3 is 4.74 Å². The first-order valence-corrected chi connectivity index (χ1v) is 5.71. The number of ether oxygens (including phenoxy) is 1. The minimum absolute atomic E-state index is 0.173. The average molecular weight is 200 g/mol. The van der Waals surface area contributed by atoms with Crippen molar-refractivity contribution in [3.05, 3.63) is 12.2 Å². The summed E-state index contributed by atoms with van der Waals surface area (Å²) < 4.78 is 4.99. The summed E-state index contributed by atoms with van der Waals surface area (Å²) in [5.74, 6) is 2.50. The number of carbonyl (C=O) groups is 1. The van der Waals surface area contributed by atoms with E-state index in [0.717, 1.165) is 24.3 Å². The average Bonchev–Trinajstić information content (AvgIpc) is 2.27. The molecule has 0 aromatic carbocycles. The van der Waals surface area contributed by atoms with E-state index < -0.39 is 0 Å². The third-order valence-corrected chi connectivity index (χ3v) is 3.41. The molecule has 0 amide bonds. The van der Waals surface area contributed by atoms with E-state index in [1.807, 2.05) is 11.8 Å². The van der Waals surface area contributed by atoms with E-state index in [1.54, 1.807) is 0 Å². The lowest BCUT2D eigenvalue weighted by Gasteiger charge is -2.12. The number of thioether (sulfide) groups is 1. The maximum absolute atomic E-state index is 10.6. The molecule has 1 aliphatic rings. The first kappa shape index (κ1) is 10.6. The second-order valence-corrected chi connectivity index (χ2v) is 4.50. The SMILES string of the molecule is C=C1CCC(COC(C)=O)CSC1. The fraction of sp³-hybridized carbons (Fsp3) is 0.700. The highest BCUT2D eigenvalue weighted by atomic mass is 32.2. The third-order valence-electron chi connectivity index (χ3n) is 2.09. The Labute approximate surface area is 83.7 Å². The van der Waals surface area contributed by atoms with E-state index in [0.29, 0.717) is 12.5 Å². The Morgan fingerprint density at radius 1 is 1.77 bits per heavy atom. The Balaban J connectivity index is 2.25. The number of hydrogen-bond donors (Lipinski definition) is 0. The lowest BCUT2D eigenvalue weighted by molar-refractivity contribution is -0.142. The highest BCUT2D eigenvalue weighted by molar-refractivity contribution is 7.99. The van der Waals surface area contributed by atoms with E-state index in [-0.39, 0.29) is 5.97 Å². The predicted molar refractivity (Wildman–Crippen MR) is 55.8 cm³/mol. The first-order chi connectivity index (χ1) is 6.18. The van der Waals surface area contributed by atoms with Crippen LogP contribution in [-0.4, -0.2) is 24.1 Å². The van der Waals surface area contributed by atoms with Crippen LogP contribution in [0.25, 0.3) is 0 Å². The molecule has 1 rings (SSSR count). The summed E-state index contributed by atoms with van der Waals surface area (Å²) in [6.07, 6.45) is 2.19. The molecular weight excluding hydrogens is 184 g/mol. The van der Waals surface area contributed by atoms with Crippen molar-refractivity contribution in [2.75, 3.05) is 18.1 Å². The zero-order valence-electron chi connectivity index (χ0n) is 8.04. The van der Waals surface area contributed by atoms with Gasteiger partial charge in [-0.15, -0.1) is 0 Å². The summed E-state index contributed by atoms with van der Waals surface area (Å²) in [5, 5.41) is 0. The Morgan fingerprint density at radius 3 is 3.23 bits per heavy atom. The molecule has 1 heterocycles. The van der Waals surface area contributed by atoms with Crippen LogP contribution in [0.1, 0.15) is 19.8 Å². The van der Waals surface area contributed by atoms with Gasteiger partial charge in [-0.2, -0.15) is 11.8 Å². The lowest BCUT2D eigenvalue weighted by Crippen LogP contribution is -2.13. The van der Waals surface area contributed by atoms with Gasteiger partial charge in [0.2, 0.25) is 0 Å². The molecule has 1 saturated heterocycles. The van der Waals surface area contributed by atoms with Gasteiger partial charge in [0.1, 0.15) is 0 Å². The summed E-state index contributed by atoms with van der Waals surface area (Å²) in [7, 11) is 0. The fourth-order valence-corrected chi connectivity index (χ4v) is 2.45. The molecular formula is C10H16O2S. The van der Waals surface area contributed by atoms with Gasteiger partial charge in [-0.25, -0.2) is 0 Å². The van der Waals surface area contributed by atoms with Gasteiger partial charge >= 0.3 is 5.97 Å². The standard InChI is InChI=1S/C10H16O2S/c1-8-3-4-10(7-13-6-8)5-12-9(2)11/h10H,1,3-7H2,2H3. The van der Waals surface area contributed by atoms with E-state index in [4.69, 9.17) is 4.74 Å². The molecule has 13 heavy (non-hydrogen) atoms. The van der Waals surface area contributed by atoms with Crippen molar-refractivity contribution >= 4 is 17.7 Å². The quantitative estimate of drug-likeness (QED) is 0.505. The van der Waals surface area contributed by atoms with E-state index in [2.05, 4.69) is 6.58 Å². The van der Waals surface area contributed by atoms with Crippen LogP contribution in [-0.2, 0) is 9.53 Å². The van der Waals surface area contributed by atoms with Gasteiger partial charge in [-0.05, 0) is 18.6 Å². The van der Waals surface area contributed by atoms with Crippen molar-refractivity contribution in [3.8, 4) is 0 Å². The molecule has 0 saturated carbocycles. The molecule has 0 aromatic rings. The Hall–Kier alpha value is -0.440. The highest BCUT2D eigenvalue weighted by Gasteiger charge is 2.15. The van der Waals surface area contributed by atoms with Gasteiger partial charge in [0.05, 0.1) is 6.61 Å². The molecule has 1 aliphatic heterocycles. The lowest BCUT2D eigenvalue weighted by atomic mass is 10.0. The second-order valence-electron chi connectivity index (χ2n) is 3.47. The van der Waals surface area contributed by atoms with Crippen LogP contribution in [0.2, 0.25) is 0 Å². The minimum Gasteiger partial charge on any atom is -0.466 e. The van der Waals surface area contributed by atoms with Crippen LogP contribution in [0.4, 0.5) is 0 Å². The second kappa shape index (κ2) is 5.32. The monoisotopic (exact) mass is 200 g/mol. The number of rotatable bonds is 2. The summed E-state index contributed by atoms with van der Waals surface area (Å²) in [5.41, 5.74) is 1.32. The summed E-state index contributed by atoms with van der Waals surface area (Å²) in [6.45, 7) is 6.02. The molecule has 0 aliphatic carbocycles. The molecule has 1 unspecified atom stereocenters. The molecule has 0 radical (unpaired) electrons. The molecule has 0 bridgehead atoms. The molecule has 74 valence electrons. The van der Waals surface area contributed by atoms with Crippen molar-refractivity contribution in [2.24, 2.45) is 5.92 Å². The van der Waals surface area contributed by atoms with Crippen LogP contribution in [0.3, 0.4) is 0 Å². The topological polar surface area (TPSA) is 26.3 Å². The number of hydrogen-bond acceptors (Lipinski definition) is 3. The Kier molecular flexibility index (Phi) is 4.36. The van der Waals surface area contributed by atoms with Crippen molar-refractivity contribution in [1.82, 2.24) is 0 Å². The zero-order chi connectivity index (χ0) is 9.68. The molecule has 0 spiro atoms. The smallest absolute Gasteiger partial charge is 0.302 e. The Bertz CT molecular complexity index is 201. The van der Waals surface area contributed by atoms with Crippen molar-refractivity contribution in [2.45, 2.75) is 19.8 Å². The largest absolute Gasteiger partial charge is 0.466 e. The summed E-state index contributed by atoms with van der Waals surface area (Å²) >= 11 is 1.89. The van der Waals surface area contributed by atoms with Gasteiger partial charge in [-0.1, -0.05) is 12.2 Å². The molecule has 0 N–H and O–H groups in total. The number of carbonyl (C=O) groups excluding carboxylic acids is 1. The van der Waals surface area contributed by atoms with Crippen LogP contribution < -0.4 is 0 Å². The Morgan fingerprint density at radius 2 is 2.54 bits per heavy atom. The minimum atomic E-state index is -0.173. The fourth-order valence-electron chi connectivity index (χ4n) is 1.30. The van der Waals surface area contributed by atoms with Crippen LogP contribution in [0.5, 0.6) is 0 Å². The van der Waals surface area contributed by atoms with Crippen LogP contribution in [0, 0.1) is 5.92 Å². The molecule has 2 nitrogen and oxygen atoms in total.